The third kappa shape index (κ3) is 6.72. The van der Waals surface area contributed by atoms with Crippen molar-refractivity contribution >= 4 is 28.0 Å². The van der Waals surface area contributed by atoms with Crippen molar-refractivity contribution in [3.05, 3.63) is 29.8 Å². The summed E-state index contributed by atoms with van der Waals surface area (Å²) in [5.74, 6) is 1.66. The second kappa shape index (κ2) is 14.4. The number of anilines is 1. The molecule has 1 aromatic carbocycles. The highest BCUT2D eigenvalue weighted by Crippen LogP contribution is 2.44. The number of carbonyl (C=O) groups excluding carboxylic acids is 1. The van der Waals surface area contributed by atoms with Gasteiger partial charge in [-0.1, -0.05) is 67.2 Å². The van der Waals surface area contributed by atoms with E-state index in [1.807, 2.05) is 36.9 Å². The summed E-state index contributed by atoms with van der Waals surface area (Å²) in [6.45, 7) is 4.90. The Morgan fingerprint density at radius 1 is 1.28 bits per heavy atom. The third-order valence-electron chi connectivity index (χ3n) is 6.03. The number of hydrogen-bond acceptors (Lipinski definition) is 4. The van der Waals surface area contributed by atoms with E-state index in [-0.39, 0.29) is 12.0 Å². The highest BCUT2D eigenvalue weighted by molar-refractivity contribution is 9.09. The molecule has 1 aliphatic heterocycles. The summed E-state index contributed by atoms with van der Waals surface area (Å²) in [5, 5.41) is 13.5. The molecule has 1 aliphatic carbocycles. The number of nitrogens with two attached hydrogens (primary N) is 1. The quantitative estimate of drug-likeness (QED) is 0.349. The van der Waals surface area contributed by atoms with Crippen molar-refractivity contribution in [1.82, 2.24) is 4.90 Å². The van der Waals surface area contributed by atoms with Crippen molar-refractivity contribution < 1.29 is 4.79 Å². The molecule has 3 N–H and O–H groups in total. The van der Waals surface area contributed by atoms with Crippen LogP contribution >= 0.6 is 15.9 Å². The van der Waals surface area contributed by atoms with Gasteiger partial charge < -0.3 is 16.0 Å². The Morgan fingerprint density at radius 3 is 2.55 bits per heavy atom. The van der Waals surface area contributed by atoms with Crippen LogP contribution < -0.4 is 11.1 Å². The molecule has 0 spiro atoms. The number of carbonyl (C=O) groups is 1. The lowest BCUT2D eigenvalue weighted by atomic mass is 9.69. The molecule has 1 saturated heterocycles. The van der Waals surface area contributed by atoms with Gasteiger partial charge in [0.05, 0.1) is 0 Å². The first-order chi connectivity index (χ1) is 14.3. The van der Waals surface area contributed by atoms with E-state index in [0.29, 0.717) is 5.92 Å². The summed E-state index contributed by atoms with van der Waals surface area (Å²) < 4.78 is 0. The number of nitriles is 1. The first kappa shape index (κ1) is 25.5. The number of para-hydroxylation sites is 1. The molecule has 1 heterocycles. The lowest BCUT2D eigenvalue weighted by Crippen LogP contribution is -2.48. The molecular weight excluding hydrogens is 428 g/mol. The van der Waals surface area contributed by atoms with Crippen LogP contribution in [0, 0.1) is 23.3 Å². The molecule has 0 bridgehead atoms. The smallest absolute Gasteiger partial charge is 0.211 e. The fourth-order valence-corrected chi connectivity index (χ4v) is 5.34. The number of benzene rings is 1. The monoisotopic (exact) mass is 464 g/mol. The number of halogens is 1. The maximum atomic E-state index is 11.0. The van der Waals surface area contributed by atoms with Crippen molar-refractivity contribution in [2.24, 2.45) is 17.6 Å². The van der Waals surface area contributed by atoms with E-state index in [2.05, 4.69) is 39.2 Å². The number of piperidine rings is 1. The Labute approximate surface area is 185 Å². The van der Waals surface area contributed by atoms with Crippen molar-refractivity contribution in [2.75, 3.05) is 24.2 Å². The molecule has 1 saturated carbocycles. The van der Waals surface area contributed by atoms with Gasteiger partial charge in [-0.3, -0.25) is 4.79 Å². The van der Waals surface area contributed by atoms with Crippen LogP contribution in [0.3, 0.4) is 0 Å². The summed E-state index contributed by atoms with van der Waals surface area (Å²) in [6.07, 6.45) is 10.5. The minimum atomic E-state index is 0.219. The van der Waals surface area contributed by atoms with Crippen LogP contribution in [-0.2, 0) is 4.79 Å². The average Bonchev–Trinajstić information content (AvgIpc) is 2.80. The minimum absolute atomic E-state index is 0.219. The molecule has 6 heteroatoms. The number of nitrogens with one attached hydrogen (secondary N) is 1. The largest absolute Gasteiger partial charge is 0.333 e. The van der Waals surface area contributed by atoms with Gasteiger partial charge in [0.15, 0.2) is 6.19 Å². The Hall–Kier alpha value is -1.58. The summed E-state index contributed by atoms with van der Waals surface area (Å²) >= 11 is 3.60. The molecule has 0 radical (unpaired) electrons. The van der Waals surface area contributed by atoms with Crippen LogP contribution in [-0.4, -0.2) is 36.3 Å². The van der Waals surface area contributed by atoms with Gasteiger partial charge >= 0.3 is 0 Å². The average molecular weight is 465 g/mol. The molecular formula is C23H37BrN4O. The molecule has 29 heavy (non-hydrogen) atoms. The first-order valence-corrected chi connectivity index (χ1v) is 12.0. The number of rotatable bonds is 6. The lowest BCUT2D eigenvalue weighted by Gasteiger charge is -2.46. The molecule has 1 aromatic rings. The maximum Gasteiger partial charge on any atom is 0.211 e. The Balaban J connectivity index is 0.000000989. The van der Waals surface area contributed by atoms with Crippen LogP contribution in [0.4, 0.5) is 5.69 Å². The van der Waals surface area contributed by atoms with Crippen LogP contribution in [0.15, 0.2) is 24.3 Å². The number of fused-ring (bicyclic) bond motifs is 1. The van der Waals surface area contributed by atoms with Crippen LogP contribution in [0.1, 0.15) is 63.9 Å². The van der Waals surface area contributed by atoms with Gasteiger partial charge in [0.25, 0.3) is 0 Å². The number of hydrogen-bond donors (Lipinski definition) is 2. The van der Waals surface area contributed by atoms with E-state index < -0.39 is 0 Å². The fraction of sp³-hybridized carbons (Fsp3) is 0.652. The van der Waals surface area contributed by atoms with Crippen LogP contribution in [0.5, 0.6) is 0 Å². The van der Waals surface area contributed by atoms with Gasteiger partial charge in [0.2, 0.25) is 6.41 Å². The molecule has 1 amide bonds. The van der Waals surface area contributed by atoms with Crippen LogP contribution in [0.25, 0.3) is 0 Å². The number of alkyl halides is 1. The molecule has 5 nitrogen and oxygen atoms in total. The van der Waals surface area contributed by atoms with Gasteiger partial charge in [-0.2, -0.15) is 5.26 Å². The molecule has 162 valence electrons. The second-order valence-electron chi connectivity index (χ2n) is 7.29. The highest BCUT2D eigenvalue weighted by Gasteiger charge is 2.40. The Bertz CT molecular complexity index is 634. The number of likely N-dealkylation sites (tertiary alicyclic amines) is 1. The summed E-state index contributed by atoms with van der Waals surface area (Å²) in [4.78, 5) is 13.0. The number of nitrogens with zero attached hydrogens (tertiary/aromatic N) is 2. The standard InChI is InChI=1S/C20H26BrN3O.C2H6.CH5N/c21-10-9-18(17-7-3-4-8-19(17)23-14-25)20-11-15-5-1-2-6-16(15)12-24(20)13-22;2*1-2/h3-4,7-8,14-16,18,20H,1-2,5-6,9-12H2,(H,23,25);1-2H3;2H2,1H3. The van der Waals surface area contributed by atoms with E-state index in [4.69, 9.17) is 0 Å². The van der Waals surface area contributed by atoms with Crippen molar-refractivity contribution in [3.8, 4) is 6.19 Å². The van der Waals surface area contributed by atoms with Crippen molar-refractivity contribution in [3.63, 3.8) is 0 Å². The van der Waals surface area contributed by atoms with Gasteiger partial charge in [-0.05, 0) is 49.8 Å². The summed E-state index contributed by atoms with van der Waals surface area (Å²) in [6, 6.07) is 8.24. The Morgan fingerprint density at radius 2 is 1.93 bits per heavy atom. The van der Waals surface area contributed by atoms with Gasteiger partial charge in [-0.25, -0.2) is 0 Å². The van der Waals surface area contributed by atoms with E-state index >= 15 is 0 Å². The first-order valence-electron chi connectivity index (χ1n) is 10.9. The predicted octanol–water partition coefficient (Wildman–Crippen LogP) is 5.09. The topological polar surface area (TPSA) is 82.2 Å². The summed E-state index contributed by atoms with van der Waals surface area (Å²) in [7, 11) is 1.50. The predicted molar refractivity (Wildman–Crippen MR) is 125 cm³/mol. The zero-order valence-electron chi connectivity index (χ0n) is 18.1. The number of amides is 1. The highest BCUT2D eigenvalue weighted by atomic mass is 79.9. The maximum absolute atomic E-state index is 11.0. The van der Waals surface area contributed by atoms with E-state index in [1.165, 1.54) is 32.7 Å². The van der Waals surface area contributed by atoms with Crippen molar-refractivity contribution in [2.45, 2.75) is 64.3 Å². The zero-order chi connectivity index (χ0) is 21.6. The zero-order valence-corrected chi connectivity index (χ0v) is 19.7. The van der Waals surface area contributed by atoms with Gasteiger partial charge in [0.1, 0.15) is 0 Å². The van der Waals surface area contributed by atoms with Gasteiger partial charge in [0, 0.05) is 29.5 Å². The molecule has 3 rings (SSSR count). The molecule has 2 aliphatic rings. The van der Waals surface area contributed by atoms with Gasteiger partial charge in [-0.15, -0.1) is 0 Å². The van der Waals surface area contributed by atoms with E-state index in [1.54, 1.807) is 0 Å². The molecule has 4 atom stereocenters. The van der Waals surface area contributed by atoms with E-state index in [9.17, 15) is 10.1 Å². The second-order valence-corrected chi connectivity index (χ2v) is 8.09. The van der Waals surface area contributed by atoms with Crippen LogP contribution in [0.2, 0.25) is 0 Å². The molecule has 2 fully saturated rings. The summed E-state index contributed by atoms with van der Waals surface area (Å²) in [5.41, 5.74) is 6.51. The SMILES string of the molecule is CC.CN.N#CN1CC2CCCCC2CC1C(CCBr)c1ccccc1NC=O. The normalized spacial score (nSPS) is 23.7. The van der Waals surface area contributed by atoms with E-state index in [0.717, 1.165) is 48.3 Å². The molecule has 4 unspecified atom stereocenters. The minimum Gasteiger partial charge on any atom is -0.333 e. The van der Waals surface area contributed by atoms with Crippen molar-refractivity contribution in [1.29, 1.82) is 5.26 Å². The third-order valence-corrected chi connectivity index (χ3v) is 6.49. The lowest BCUT2D eigenvalue weighted by molar-refractivity contribution is -0.105. The molecule has 0 aromatic heterocycles. The Kier molecular flexibility index (Phi) is 12.6. The fourth-order valence-electron chi connectivity index (χ4n) is 4.85.